The van der Waals surface area contributed by atoms with Gasteiger partial charge in [0.1, 0.15) is 17.5 Å². The van der Waals surface area contributed by atoms with Crippen LogP contribution in [-0.4, -0.2) is 23.5 Å². The Hall–Kier alpha value is -1.13. The standard InChI is InChI=1S/C17H19Cl2NO3/c1-16(9-17(16,18)19)15(21)20-14(10-2-3-10)11-4-5-12-13(8-11)23-7-6-22-12/h4-5,8,10,14H,2-3,6-7,9H2,1H3,(H,20,21)/t14-,16-/m1/s1. The molecule has 0 spiro atoms. The first kappa shape index (κ1) is 15.4. The summed E-state index contributed by atoms with van der Waals surface area (Å²) in [5.74, 6) is 1.89. The van der Waals surface area contributed by atoms with Gasteiger partial charge in [-0.05, 0) is 49.8 Å². The Bertz CT molecular complexity index is 659. The SMILES string of the molecule is C[C@]1(C(=O)N[C@@H](c2ccc3c(c2)OCCO3)C2CC2)CC1(Cl)Cl. The van der Waals surface area contributed by atoms with Gasteiger partial charge in [-0.2, -0.15) is 0 Å². The number of carbonyl (C=O) groups is 1. The zero-order valence-electron chi connectivity index (χ0n) is 12.9. The number of fused-ring (bicyclic) bond motifs is 1. The lowest BCUT2D eigenvalue weighted by Gasteiger charge is -2.24. The smallest absolute Gasteiger partial charge is 0.229 e. The number of halogens is 2. The van der Waals surface area contributed by atoms with Crippen molar-refractivity contribution in [2.75, 3.05) is 13.2 Å². The Morgan fingerprint density at radius 3 is 2.52 bits per heavy atom. The molecule has 1 aromatic rings. The molecule has 0 radical (unpaired) electrons. The molecule has 0 aromatic heterocycles. The summed E-state index contributed by atoms with van der Waals surface area (Å²) in [6.45, 7) is 2.94. The lowest BCUT2D eigenvalue weighted by molar-refractivity contribution is -0.126. The predicted octanol–water partition coefficient (Wildman–Crippen LogP) is 3.61. The summed E-state index contributed by atoms with van der Waals surface area (Å²) < 4.78 is 10.3. The van der Waals surface area contributed by atoms with Gasteiger partial charge in [0, 0.05) is 0 Å². The quantitative estimate of drug-likeness (QED) is 0.839. The number of ether oxygens (including phenoxy) is 2. The molecule has 4 rings (SSSR count). The van der Waals surface area contributed by atoms with Crippen molar-refractivity contribution in [1.29, 1.82) is 0 Å². The molecule has 0 bridgehead atoms. The fraction of sp³-hybridized carbons (Fsp3) is 0.588. The molecule has 1 N–H and O–H groups in total. The van der Waals surface area contributed by atoms with Crippen LogP contribution in [0.4, 0.5) is 0 Å². The van der Waals surface area contributed by atoms with E-state index >= 15 is 0 Å². The molecule has 3 aliphatic rings. The second kappa shape index (κ2) is 5.18. The van der Waals surface area contributed by atoms with Crippen LogP contribution in [0.1, 0.15) is 37.8 Å². The summed E-state index contributed by atoms with van der Waals surface area (Å²) in [5.41, 5.74) is 0.348. The van der Waals surface area contributed by atoms with Crippen LogP contribution in [0, 0.1) is 11.3 Å². The lowest BCUT2D eigenvalue weighted by Crippen LogP contribution is -2.37. The van der Waals surface area contributed by atoms with Gasteiger partial charge >= 0.3 is 0 Å². The largest absolute Gasteiger partial charge is 0.486 e. The molecule has 1 aromatic carbocycles. The van der Waals surface area contributed by atoms with Crippen LogP contribution < -0.4 is 14.8 Å². The minimum atomic E-state index is -0.946. The number of carbonyl (C=O) groups excluding carboxylic acids is 1. The van der Waals surface area contributed by atoms with Gasteiger partial charge < -0.3 is 14.8 Å². The summed E-state index contributed by atoms with van der Waals surface area (Å²) in [7, 11) is 0. The van der Waals surface area contributed by atoms with Gasteiger partial charge in [0.15, 0.2) is 11.5 Å². The number of nitrogens with one attached hydrogen (secondary N) is 1. The van der Waals surface area contributed by atoms with Crippen LogP contribution in [0.15, 0.2) is 18.2 Å². The zero-order valence-corrected chi connectivity index (χ0v) is 14.4. The summed E-state index contributed by atoms with van der Waals surface area (Å²) >= 11 is 12.3. The van der Waals surface area contributed by atoms with Crippen LogP contribution in [0.3, 0.4) is 0 Å². The van der Waals surface area contributed by atoms with Crippen molar-refractivity contribution in [2.24, 2.45) is 11.3 Å². The highest BCUT2D eigenvalue weighted by Crippen LogP contribution is 2.64. The van der Waals surface area contributed by atoms with Crippen LogP contribution >= 0.6 is 23.2 Å². The first-order valence-electron chi connectivity index (χ1n) is 7.99. The molecule has 0 unspecified atom stereocenters. The van der Waals surface area contributed by atoms with E-state index in [1.165, 1.54) is 0 Å². The molecule has 2 atom stereocenters. The van der Waals surface area contributed by atoms with Gasteiger partial charge in [0.25, 0.3) is 0 Å². The van der Waals surface area contributed by atoms with E-state index in [-0.39, 0.29) is 11.9 Å². The Morgan fingerprint density at radius 1 is 1.26 bits per heavy atom. The molecule has 23 heavy (non-hydrogen) atoms. The Labute approximate surface area is 145 Å². The molecule has 2 saturated carbocycles. The van der Waals surface area contributed by atoms with Crippen LogP contribution in [0.25, 0.3) is 0 Å². The average molecular weight is 356 g/mol. The van der Waals surface area contributed by atoms with Gasteiger partial charge in [-0.15, -0.1) is 23.2 Å². The van der Waals surface area contributed by atoms with E-state index in [2.05, 4.69) is 5.32 Å². The van der Waals surface area contributed by atoms with E-state index in [0.717, 1.165) is 29.9 Å². The van der Waals surface area contributed by atoms with Gasteiger partial charge in [-0.1, -0.05) is 6.07 Å². The molecule has 1 heterocycles. The van der Waals surface area contributed by atoms with E-state index in [9.17, 15) is 4.79 Å². The van der Waals surface area contributed by atoms with Crippen molar-refractivity contribution in [3.63, 3.8) is 0 Å². The molecule has 0 saturated heterocycles. The summed E-state index contributed by atoms with van der Waals surface area (Å²) in [6, 6.07) is 5.86. The average Bonchev–Trinajstić information content (AvgIpc) is 3.43. The number of hydrogen-bond acceptors (Lipinski definition) is 3. The molecule has 2 aliphatic carbocycles. The predicted molar refractivity (Wildman–Crippen MR) is 88.2 cm³/mol. The number of benzene rings is 1. The Kier molecular flexibility index (Phi) is 3.47. The molecule has 1 amide bonds. The van der Waals surface area contributed by atoms with E-state index in [4.69, 9.17) is 32.7 Å². The van der Waals surface area contributed by atoms with Gasteiger partial charge in [0.2, 0.25) is 5.91 Å². The van der Waals surface area contributed by atoms with E-state index < -0.39 is 9.75 Å². The Morgan fingerprint density at radius 2 is 1.91 bits per heavy atom. The highest BCUT2D eigenvalue weighted by Gasteiger charge is 2.68. The second-order valence-electron chi connectivity index (χ2n) is 6.90. The molecular formula is C17H19Cl2NO3. The number of alkyl halides is 2. The van der Waals surface area contributed by atoms with Gasteiger partial charge in [-0.3, -0.25) is 4.79 Å². The third-order valence-electron chi connectivity index (χ3n) is 5.06. The molecule has 6 heteroatoms. The number of rotatable bonds is 4. The van der Waals surface area contributed by atoms with E-state index in [0.29, 0.717) is 25.6 Å². The van der Waals surface area contributed by atoms with E-state index in [1.54, 1.807) is 0 Å². The molecule has 2 fully saturated rings. The molecule has 124 valence electrons. The summed E-state index contributed by atoms with van der Waals surface area (Å²) in [6.07, 6.45) is 2.72. The second-order valence-corrected chi connectivity index (χ2v) is 8.39. The first-order valence-corrected chi connectivity index (χ1v) is 8.75. The van der Waals surface area contributed by atoms with Crippen LogP contribution in [-0.2, 0) is 4.79 Å². The van der Waals surface area contributed by atoms with Crippen molar-refractivity contribution in [1.82, 2.24) is 5.32 Å². The van der Waals surface area contributed by atoms with Crippen LogP contribution in [0.5, 0.6) is 11.5 Å². The normalized spacial score (nSPS) is 28.8. The monoisotopic (exact) mass is 355 g/mol. The first-order chi connectivity index (χ1) is 10.9. The van der Waals surface area contributed by atoms with Gasteiger partial charge in [-0.25, -0.2) is 0 Å². The maximum atomic E-state index is 12.6. The Balaban J connectivity index is 1.56. The zero-order chi connectivity index (χ0) is 16.2. The summed E-state index contributed by atoms with van der Waals surface area (Å²) in [5, 5.41) is 3.16. The number of hydrogen-bond donors (Lipinski definition) is 1. The van der Waals surface area contributed by atoms with Gasteiger partial charge in [0.05, 0.1) is 11.5 Å². The third-order valence-corrected chi connectivity index (χ3v) is 6.17. The molecular weight excluding hydrogens is 337 g/mol. The maximum absolute atomic E-state index is 12.6. The topological polar surface area (TPSA) is 47.6 Å². The summed E-state index contributed by atoms with van der Waals surface area (Å²) in [4.78, 5) is 12.6. The maximum Gasteiger partial charge on any atom is 0.229 e. The third kappa shape index (κ3) is 2.66. The minimum absolute atomic E-state index is 0.0279. The fourth-order valence-electron chi connectivity index (χ4n) is 3.10. The van der Waals surface area contributed by atoms with Crippen LogP contribution in [0.2, 0.25) is 0 Å². The molecule has 1 aliphatic heterocycles. The fourth-order valence-corrected chi connectivity index (χ4v) is 3.81. The van der Waals surface area contributed by atoms with Crippen molar-refractivity contribution in [3.8, 4) is 11.5 Å². The highest BCUT2D eigenvalue weighted by atomic mass is 35.5. The van der Waals surface area contributed by atoms with Crippen molar-refractivity contribution in [3.05, 3.63) is 23.8 Å². The van der Waals surface area contributed by atoms with Crippen molar-refractivity contribution >= 4 is 29.1 Å². The van der Waals surface area contributed by atoms with E-state index in [1.807, 2.05) is 25.1 Å². The minimum Gasteiger partial charge on any atom is -0.486 e. The highest BCUT2D eigenvalue weighted by molar-refractivity contribution is 6.53. The number of amides is 1. The van der Waals surface area contributed by atoms with Crippen molar-refractivity contribution in [2.45, 2.75) is 36.6 Å². The molecule has 4 nitrogen and oxygen atoms in total. The lowest BCUT2D eigenvalue weighted by atomic mass is 9.99. The van der Waals surface area contributed by atoms with Crippen molar-refractivity contribution < 1.29 is 14.3 Å².